The molecule has 0 aliphatic rings. The van der Waals surface area contributed by atoms with Crippen molar-refractivity contribution in [2.75, 3.05) is 0 Å². The van der Waals surface area contributed by atoms with Gasteiger partial charge in [0.15, 0.2) is 0 Å². The van der Waals surface area contributed by atoms with Crippen molar-refractivity contribution in [2.24, 2.45) is 12.8 Å². The van der Waals surface area contributed by atoms with Crippen LogP contribution >= 0.6 is 15.9 Å². The van der Waals surface area contributed by atoms with E-state index >= 15 is 0 Å². The number of nitrogens with two attached hydrogens (primary N) is 1. The minimum Gasteiger partial charge on any atom is -0.319 e. The van der Waals surface area contributed by atoms with Gasteiger partial charge in [-0.3, -0.25) is 4.68 Å². The first-order chi connectivity index (χ1) is 8.00. The van der Waals surface area contributed by atoms with E-state index in [-0.39, 0.29) is 11.9 Å². The monoisotopic (exact) mass is 297 g/mol. The summed E-state index contributed by atoms with van der Waals surface area (Å²) in [6.45, 7) is 1.96. The van der Waals surface area contributed by atoms with Crippen LogP contribution in [-0.2, 0) is 7.05 Å². The van der Waals surface area contributed by atoms with Crippen molar-refractivity contribution < 1.29 is 4.39 Å². The normalized spacial score (nSPS) is 12.8. The van der Waals surface area contributed by atoms with Gasteiger partial charge in [-0.25, -0.2) is 4.39 Å². The molecule has 1 heterocycles. The number of benzene rings is 1. The van der Waals surface area contributed by atoms with Crippen molar-refractivity contribution in [1.82, 2.24) is 9.78 Å². The first kappa shape index (κ1) is 12.3. The Morgan fingerprint density at radius 2 is 2.18 bits per heavy atom. The van der Waals surface area contributed by atoms with E-state index in [4.69, 9.17) is 5.73 Å². The molecule has 1 unspecified atom stereocenters. The van der Waals surface area contributed by atoms with Crippen LogP contribution in [0.1, 0.15) is 22.9 Å². The molecule has 0 bridgehead atoms. The maximum Gasteiger partial charge on any atom is 0.124 e. The number of halogens is 2. The van der Waals surface area contributed by atoms with E-state index in [0.717, 1.165) is 16.8 Å². The van der Waals surface area contributed by atoms with Crippen LogP contribution in [-0.4, -0.2) is 9.78 Å². The lowest BCUT2D eigenvalue weighted by Crippen LogP contribution is -2.17. The van der Waals surface area contributed by atoms with Gasteiger partial charge in [0.05, 0.1) is 17.9 Å². The second-order valence-corrected chi connectivity index (χ2v) is 4.83. The predicted molar refractivity (Wildman–Crippen MR) is 68.1 cm³/mol. The van der Waals surface area contributed by atoms with Crippen molar-refractivity contribution >= 4 is 15.9 Å². The Labute approximate surface area is 108 Å². The summed E-state index contributed by atoms with van der Waals surface area (Å²) in [4.78, 5) is 0. The third-order valence-electron chi connectivity index (χ3n) is 2.77. The molecule has 0 radical (unpaired) electrons. The molecule has 1 aromatic heterocycles. The van der Waals surface area contributed by atoms with Gasteiger partial charge >= 0.3 is 0 Å². The molecule has 1 atom stereocenters. The van der Waals surface area contributed by atoms with Crippen molar-refractivity contribution in [1.29, 1.82) is 0 Å². The molecule has 0 aliphatic heterocycles. The Bertz CT molecular complexity index is 531. The smallest absolute Gasteiger partial charge is 0.124 e. The summed E-state index contributed by atoms with van der Waals surface area (Å²) in [5, 5.41) is 4.16. The molecule has 2 rings (SSSR count). The van der Waals surface area contributed by atoms with E-state index < -0.39 is 0 Å². The van der Waals surface area contributed by atoms with Gasteiger partial charge in [-0.2, -0.15) is 5.10 Å². The summed E-state index contributed by atoms with van der Waals surface area (Å²) in [6.07, 6.45) is 1.77. The van der Waals surface area contributed by atoms with Crippen LogP contribution in [0.3, 0.4) is 0 Å². The van der Waals surface area contributed by atoms with Crippen molar-refractivity contribution in [3.63, 3.8) is 0 Å². The van der Waals surface area contributed by atoms with Crippen LogP contribution < -0.4 is 5.73 Å². The Morgan fingerprint density at radius 1 is 1.47 bits per heavy atom. The highest BCUT2D eigenvalue weighted by molar-refractivity contribution is 9.10. The molecule has 1 aromatic carbocycles. The maximum absolute atomic E-state index is 13.0. The highest BCUT2D eigenvalue weighted by Gasteiger charge is 2.18. The lowest BCUT2D eigenvalue weighted by atomic mass is 10.0. The highest BCUT2D eigenvalue weighted by Crippen LogP contribution is 2.28. The van der Waals surface area contributed by atoms with Crippen LogP contribution in [0, 0.1) is 12.7 Å². The summed E-state index contributed by atoms with van der Waals surface area (Å²) in [7, 11) is 1.85. The highest BCUT2D eigenvalue weighted by atomic mass is 79.9. The number of hydrogen-bond acceptors (Lipinski definition) is 2. The molecular formula is C12H13BrFN3. The van der Waals surface area contributed by atoms with E-state index in [0.29, 0.717) is 4.47 Å². The molecule has 2 aromatic rings. The van der Waals surface area contributed by atoms with Gasteiger partial charge in [-0.05, 0) is 30.2 Å². The summed E-state index contributed by atoms with van der Waals surface area (Å²) in [6, 6.07) is 4.20. The van der Waals surface area contributed by atoms with Crippen molar-refractivity contribution in [3.8, 4) is 0 Å². The lowest BCUT2D eigenvalue weighted by Gasteiger charge is -2.15. The summed E-state index contributed by atoms with van der Waals surface area (Å²) in [5.41, 5.74) is 9.00. The Kier molecular flexibility index (Phi) is 3.31. The number of rotatable bonds is 2. The molecule has 0 amide bonds. The first-order valence-electron chi connectivity index (χ1n) is 5.19. The predicted octanol–water partition coefficient (Wildman–Crippen LogP) is 2.68. The zero-order valence-corrected chi connectivity index (χ0v) is 11.2. The zero-order valence-electron chi connectivity index (χ0n) is 9.61. The van der Waals surface area contributed by atoms with E-state index in [2.05, 4.69) is 21.0 Å². The van der Waals surface area contributed by atoms with Crippen molar-refractivity contribution in [3.05, 3.63) is 51.5 Å². The fraction of sp³-hybridized carbons (Fsp3) is 0.250. The standard InChI is InChI=1S/C12H13BrFN3/c1-7-6-16-17(2)12(7)11(15)9-4-3-8(14)5-10(9)13/h3-6,11H,15H2,1-2H3. The Balaban J connectivity index is 2.47. The number of nitrogens with zero attached hydrogens (tertiary/aromatic N) is 2. The minimum atomic E-state index is -0.322. The van der Waals surface area contributed by atoms with E-state index in [1.807, 2.05) is 14.0 Å². The first-order valence-corrected chi connectivity index (χ1v) is 5.99. The molecule has 3 nitrogen and oxygen atoms in total. The molecule has 0 spiro atoms. The topological polar surface area (TPSA) is 43.8 Å². The van der Waals surface area contributed by atoms with Gasteiger partial charge in [0.2, 0.25) is 0 Å². The summed E-state index contributed by atoms with van der Waals surface area (Å²) < 4.78 is 15.4. The molecule has 0 aliphatic carbocycles. The molecular weight excluding hydrogens is 285 g/mol. The van der Waals surface area contributed by atoms with Gasteiger partial charge < -0.3 is 5.73 Å². The summed E-state index contributed by atoms with van der Waals surface area (Å²) >= 11 is 3.33. The second-order valence-electron chi connectivity index (χ2n) is 3.98. The number of hydrogen-bond donors (Lipinski definition) is 1. The maximum atomic E-state index is 13.0. The van der Waals surface area contributed by atoms with E-state index in [9.17, 15) is 4.39 Å². The fourth-order valence-electron chi connectivity index (χ4n) is 1.90. The molecule has 2 N–H and O–H groups in total. The van der Waals surface area contributed by atoms with Gasteiger partial charge in [0, 0.05) is 11.5 Å². The second kappa shape index (κ2) is 4.58. The summed E-state index contributed by atoms with van der Waals surface area (Å²) in [5.74, 6) is -0.283. The third-order valence-corrected chi connectivity index (χ3v) is 3.46. The molecule has 5 heteroatoms. The van der Waals surface area contributed by atoms with Gasteiger partial charge in [-0.1, -0.05) is 22.0 Å². The zero-order chi connectivity index (χ0) is 12.6. The number of aryl methyl sites for hydroxylation is 2. The Hall–Kier alpha value is -1.20. The third kappa shape index (κ3) is 2.25. The average molecular weight is 298 g/mol. The van der Waals surface area contributed by atoms with Gasteiger partial charge in [0.1, 0.15) is 5.82 Å². The van der Waals surface area contributed by atoms with Crippen LogP contribution in [0.2, 0.25) is 0 Å². The van der Waals surface area contributed by atoms with Crippen LogP contribution in [0.15, 0.2) is 28.9 Å². The lowest BCUT2D eigenvalue weighted by molar-refractivity contribution is 0.623. The Morgan fingerprint density at radius 3 is 2.71 bits per heavy atom. The van der Waals surface area contributed by atoms with Gasteiger partial charge in [-0.15, -0.1) is 0 Å². The molecule has 90 valence electrons. The number of aromatic nitrogens is 2. The quantitative estimate of drug-likeness (QED) is 0.926. The van der Waals surface area contributed by atoms with Crippen molar-refractivity contribution in [2.45, 2.75) is 13.0 Å². The molecule has 0 saturated heterocycles. The van der Waals surface area contributed by atoms with E-state index in [1.165, 1.54) is 12.1 Å². The van der Waals surface area contributed by atoms with Crippen LogP contribution in [0.25, 0.3) is 0 Å². The van der Waals surface area contributed by atoms with Crippen LogP contribution in [0.4, 0.5) is 4.39 Å². The van der Waals surface area contributed by atoms with Crippen LogP contribution in [0.5, 0.6) is 0 Å². The largest absolute Gasteiger partial charge is 0.319 e. The average Bonchev–Trinajstić information content (AvgIpc) is 2.58. The van der Waals surface area contributed by atoms with E-state index in [1.54, 1.807) is 16.9 Å². The molecule has 17 heavy (non-hydrogen) atoms. The fourth-order valence-corrected chi connectivity index (χ4v) is 2.50. The van der Waals surface area contributed by atoms with Gasteiger partial charge in [0.25, 0.3) is 0 Å². The SMILES string of the molecule is Cc1cnn(C)c1C(N)c1ccc(F)cc1Br. The molecule has 0 saturated carbocycles. The minimum absolute atomic E-state index is 0.283. The molecule has 0 fully saturated rings.